The van der Waals surface area contributed by atoms with Crippen LogP contribution in [0.4, 0.5) is 0 Å². The second-order valence-electron chi connectivity index (χ2n) is 6.32. The first-order valence-electron chi connectivity index (χ1n) is 8.42. The zero-order valence-electron chi connectivity index (χ0n) is 14.3. The van der Waals surface area contributed by atoms with Crippen LogP contribution in [-0.2, 0) is 6.42 Å². The molecule has 0 saturated carbocycles. The fraction of sp³-hybridized carbons (Fsp3) is 0.200. The smallest absolute Gasteiger partial charge is 0.269 e. The van der Waals surface area contributed by atoms with Crippen LogP contribution in [0.25, 0.3) is 11.3 Å². The lowest BCUT2D eigenvalue weighted by Crippen LogP contribution is -2.34. The molecule has 0 radical (unpaired) electrons. The number of carbonyl (C=O) groups is 1. The highest BCUT2D eigenvalue weighted by atomic mass is 16.5. The number of carbonyl (C=O) groups excluding carboxylic acids is 1. The molecule has 6 heteroatoms. The number of amides is 1. The first-order chi connectivity index (χ1) is 12.7. The summed E-state index contributed by atoms with van der Waals surface area (Å²) in [7, 11) is 1.60. The van der Waals surface area contributed by atoms with Crippen molar-refractivity contribution in [2.24, 2.45) is 0 Å². The average Bonchev–Trinajstić information content (AvgIpc) is 3.27. The van der Waals surface area contributed by atoms with Gasteiger partial charge in [0.15, 0.2) is 0 Å². The Labute approximate surface area is 150 Å². The Hall–Kier alpha value is -3.12. The number of aliphatic hydroxyl groups is 1. The number of fused-ring (bicyclic) bond motifs is 1. The van der Waals surface area contributed by atoms with E-state index in [1.165, 1.54) is 0 Å². The molecule has 2 atom stereocenters. The minimum Gasteiger partial charge on any atom is -0.497 e. The molecule has 2 aromatic carbocycles. The van der Waals surface area contributed by atoms with Crippen LogP contribution in [0, 0.1) is 0 Å². The summed E-state index contributed by atoms with van der Waals surface area (Å²) in [4.78, 5) is 12.6. The van der Waals surface area contributed by atoms with Crippen LogP contribution in [0.15, 0.2) is 54.6 Å². The molecular weight excluding hydrogens is 330 g/mol. The Morgan fingerprint density at radius 3 is 2.92 bits per heavy atom. The number of benzene rings is 2. The van der Waals surface area contributed by atoms with E-state index in [9.17, 15) is 9.90 Å². The third kappa shape index (κ3) is 2.95. The lowest BCUT2D eigenvalue weighted by molar-refractivity contribution is 0.0853. The van der Waals surface area contributed by atoms with Crippen LogP contribution in [0.1, 0.15) is 27.7 Å². The normalized spacial score (nSPS) is 18.4. The number of hydrogen-bond acceptors (Lipinski definition) is 4. The molecule has 1 aliphatic rings. The van der Waals surface area contributed by atoms with Gasteiger partial charge in [-0.25, -0.2) is 0 Å². The second kappa shape index (κ2) is 6.65. The fourth-order valence-corrected chi connectivity index (χ4v) is 3.34. The topological polar surface area (TPSA) is 87.2 Å². The van der Waals surface area contributed by atoms with E-state index in [0.717, 1.165) is 22.4 Å². The predicted molar refractivity (Wildman–Crippen MR) is 96.9 cm³/mol. The molecular formula is C20H19N3O3. The molecule has 6 nitrogen and oxygen atoms in total. The molecule has 0 saturated heterocycles. The third-order valence-electron chi connectivity index (χ3n) is 4.68. The van der Waals surface area contributed by atoms with Crippen LogP contribution >= 0.6 is 0 Å². The molecule has 4 rings (SSSR count). The van der Waals surface area contributed by atoms with E-state index in [-0.39, 0.29) is 5.91 Å². The number of hydrogen-bond donors (Lipinski definition) is 3. The largest absolute Gasteiger partial charge is 0.497 e. The molecule has 0 aliphatic heterocycles. The van der Waals surface area contributed by atoms with E-state index in [1.54, 1.807) is 13.2 Å². The molecule has 3 N–H and O–H groups in total. The van der Waals surface area contributed by atoms with Crippen molar-refractivity contribution >= 4 is 5.91 Å². The summed E-state index contributed by atoms with van der Waals surface area (Å²) in [5, 5.41) is 20.2. The van der Waals surface area contributed by atoms with Gasteiger partial charge in [0.2, 0.25) is 0 Å². The fourth-order valence-electron chi connectivity index (χ4n) is 3.34. The lowest BCUT2D eigenvalue weighted by Gasteiger charge is -2.17. The Morgan fingerprint density at radius 1 is 1.23 bits per heavy atom. The highest BCUT2D eigenvalue weighted by Crippen LogP contribution is 2.31. The van der Waals surface area contributed by atoms with Crippen molar-refractivity contribution < 1.29 is 14.6 Å². The molecule has 1 amide bonds. The Balaban J connectivity index is 1.54. The van der Waals surface area contributed by atoms with Crippen LogP contribution in [0.3, 0.4) is 0 Å². The molecule has 1 heterocycles. The quantitative estimate of drug-likeness (QED) is 0.675. The van der Waals surface area contributed by atoms with Gasteiger partial charge in [-0.2, -0.15) is 5.10 Å². The average molecular weight is 349 g/mol. The second-order valence-corrected chi connectivity index (χ2v) is 6.32. The first-order valence-corrected chi connectivity index (χ1v) is 8.42. The number of aromatic amines is 1. The van der Waals surface area contributed by atoms with E-state index in [4.69, 9.17) is 4.74 Å². The minimum atomic E-state index is -0.628. The number of nitrogens with one attached hydrogen (secondary N) is 2. The number of methoxy groups -OCH3 is 1. The van der Waals surface area contributed by atoms with Crippen molar-refractivity contribution in [3.05, 3.63) is 71.4 Å². The summed E-state index contributed by atoms with van der Waals surface area (Å²) in [5.41, 5.74) is 3.87. The van der Waals surface area contributed by atoms with Crippen molar-refractivity contribution in [2.75, 3.05) is 7.11 Å². The van der Waals surface area contributed by atoms with Crippen LogP contribution in [-0.4, -0.2) is 34.4 Å². The maximum atomic E-state index is 12.6. The summed E-state index contributed by atoms with van der Waals surface area (Å²) < 4.78 is 5.22. The van der Waals surface area contributed by atoms with E-state index in [0.29, 0.717) is 17.8 Å². The Kier molecular flexibility index (Phi) is 4.18. The van der Waals surface area contributed by atoms with Gasteiger partial charge in [0.05, 0.1) is 24.9 Å². The molecule has 132 valence electrons. The molecule has 0 spiro atoms. The van der Waals surface area contributed by atoms with Crippen LogP contribution in [0.5, 0.6) is 5.75 Å². The zero-order chi connectivity index (χ0) is 18.1. The van der Waals surface area contributed by atoms with E-state index in [1.807, 2.05) is 48.5 Å². The molecule has 3 aromatic rings. The number of H-pyrrole nitrogens is 1. The number of aromatic nitrogens is 2. The SMILES string of the molecule is COc1cccc(-c2cc(C(=O)NC3c4ccccc4CC3O)[nH]n2)c1. The van der Waals surface area contributed by atoms with Crippen molar-refractivity contribution in [2.45, 2.75) is 18.6 Å². The molecule has 2 unspecified atom stereocenters. The summed E-state index contributed by atoms with van der Waals surface area (Å²) in [6.07, 6.45) is -0.0868. The highest BCUT2D eigenvalue weighted by molar-refractivity contribution is 5.93. The van der Waals surface area contributed by atoms with Crippen molar-refractivity contribution in [1.82, 2.24) is 15.5 Å². The molecule has 26 heavy (non-hydrogen) atoms. The summed E-state index contributed by atoms with van der Waals surface area (Å²) in [6.45, 7) is 0. The van der Waals surface area contributed by atoms with Gasteiger partial charge in [0.25, 0.3) is 5.91 Å². The summed E-state index contributed by atoms with van der Waals surface area (Å²) >= 11 is 0. The molecule has 1 aliphatic carbocycles. The van der Waals surface area contributed by atoms with Gasteiger partial charge in [-0.05, 0) is 29.3 Å². The summed E-state index contributed by atoms with van der Waals surface area (Å²) in [5.74, 6) is 0.426. The number of rotatable bonds is 4. The Bertz CT molecular complexity index is 951. The van der Waals surface area contributed by atoms with E-state index >= 15 is 0 Å². The molecule has 1 aromatic heterocycles. The zero-order valence-corrected chi connectivity index (χ0v) is 14.3. The summed E-state index contributed by atoms with van der Waals surface area (Å²) in [6, 6.07) is 16.5. The van der Waals surface area contributed by atoms with Gasteiger partial charge in [-0.3, -0.25) is 9.89 Å². The first kappa shape index (κ1) is 16.4. The molecule has 0 fully saturated rings. The Morgan fingerprint density at radius 2 is 2.08 bits per heavy atom. The van der Waals surface area contributed by atoms with Crippen LogP contribution < -0.4 is 10.1 Å². The van der Waals surface area contributed by atoms with Gasteiger partial charge >= 0.3 is 0 Å². The van der Waals surface area contributed by atoms with E-state index < -0.39 is 12.1 Å². The number of nitrogens with zero attached hydrogens (tertiary/aromatic N) is 1. The van der Waals surface area contributed by atoms with Gasteiger partial charge in [-0.15, -0.1) is 0 Å². The predicted octanol–water partition coefficient (Wildman–Crippen LogP) is 2.47. The van der Waals surface area contributed by atoms with Gasteiger partial charge in [-0.1, -0.05) is 36.4 Å². The van der Waals surface area contributed by atoms with Crippen LogP contribution in [0.2, 0.25) is 0 Å². The monoisotopic (exact) mass is 349 g/mol. The maximum Gasteiger partial charge on any atom is 0.269 e. The van der Waals surface area contributed by atoms with Crippen molar-refractivity contribution in [3.63, 3.8) is 0 Å². The number of aliphatic hydroxyl groups excluding tert-OH is 1. The van der Waals surface area contributed by atoms with Crippen molar-refractivity contribution in [1.29, 1.82) is 0 Å². The molecule has 0 bridgehead atoms. The van der Waals surface area contributed by atoms with Gasteiger partial charge in [0.1, 0.15) is 11.4 Å². The highest BCUT2D eigenvalue weighted by Gasteiger charge is 2.32. The third-order valence-corrected chi connectivity index (χ3v) is 4.68. The van der Waals surface area contributed by atoms with Crippen molar-refractivity contribution in [3.8, 4) is 17.0 Å². The standard InChI is InChI=1S/C20H19N3O3/c1-26-14-7-4-6-13(9-14)16-11-17(23-22-16)20(25)21-19-15-8-3-2-5-12(15)10-18(19)24/h2-9,11,18-19,24H,10H2,1H3,(H,21,25)(H,22,23). The maximum absolute atomic E-state index is 12.6. The van der Waals surface area contributed by atoms with Gasteiger partial charge in [0, 0.05) is 12.0 Å². The van der Waals surface area contributed by atoms with E-state index in [2.05, 4.69) is 15.5 Å². The minimum absolute atomic E-state index is 0.299. The van der Waals surface area contributed by atoms with Gasteiger partial charge < -0.3 is 15.2 Å². The number of ether oxygens (including phenoxy) is 1. The lowest BCUT2D eigenvalue weighted by atomic mass is 10.1.